The number of fused-ring (bicyclic) bond motifs is 1. The molecule has 0 saturated heterocycles. The van der Waals surface area contributed by atoms with Crippen molar-refractivity contribution in [3.8, 4) is 0 Å². The van der Waals surface area contributed by atoms with E-state index < -0.39 is 11.7 Å². The minimum atomic E-state index is -4.42. The largest absolute Gasteiger partial charge is 0.416 e. The number of alkyl halides is 3. The molecule has 37 heavy (non-hydrogen) atoms. The van der Waals surface area contributed by atoms with Gasteiger partial charge in [0.25, 0.3) is 0 Å². The molecule has 0 unspecified atom stereocenters. The third kappa shape index (κ3) is 5.93. The van der Waals surface area contributed by atoms with E-state index in [4.69, 9.17) is 28.2 Å². The molecular weight excluding hydrogens is 544 g/mol. The first-order valence-corrected chi connectivity index (χ1v) is 12.5. The minimum absolute atomic E-state index is 0.330. The first kappa shape index (κ1) is 25.2. The van der Waals surface area contributed by atoms with Gasteiger partial charge in [0, 0.05) is 41.1 Å². The van der Waals surface area contributed by atoms with Crippen molar-refractivity contribution in [3.63, 3.8) is 0 Å². The molecule has 5 aromatic rings. The molecule has 0 amide bonds. The van der Waals surface area contributed by atoms with Gasteiger partial charge in [-0.05, 0) is 53.6 Å². The number of hydrogen-bond acceptors (Lipinski definition) is 7. The molecule has 0 aliphatic carbocycles. The Morgan fingerprint density at radius 3 is 2.32 bits per heavy atom. The van der Waals surface area contributed by atoms with Crippen molar-refractivity contribution in [3.05, 3.63) is 98.7 Å². The topological polar surface area (TPSA) is 75.6 Å². The van der Waals surface area contributed by atoms with E-state index in [0.717, 1.165) is 23.3 Å². The van der Waals surface area contributed by atoms with Crippen molar-refractivity contribution < 1.29 is 13.2 Å². The van der Waals surface area contributed by atoms with Crippen molar-refractivity contribution in [2.45, 2.75) is 19.1 Å². The number of pyridine rings is 1. The van der Waals surface area contributed by atoms with Crippen LogP contribution in [-0.4, -0.2) is 19.9 Å². The number of benzene rings is 2. The van der Waals surface area contributed by atoms with Crippen molar-refractivity contribution >= 4 is 62.3 Å². The van der Waals surface area contributed by atoms with E-state index >= 15 is 0 Å². The molecule has 3 heterocycles. The van der Waals surface area contributed by atoms with E-state index in [9.17, 15) is 13.2 Å². The van der Waals surface area contributed by atoms with Gasteiger partial charge < -0.3 is 10.6 Å². The maximum atomic E-state index is 13.0. The van der Waals surface area contributed by atoms with Crippen LogP contribution in [0.15, 0.2) is 67.0 Å². The second kappa shape index (κ2) is 10.5. The summed E-state index contributed by atoms with van der Waals surface area (Å²) in [6.07, 6.45) is -0.626. The van der Waals surface area contributed by atoms with Crippen LogP contribution in [-0.2, 0) is 19.1 Å². The zero-order chi connectivity index (χ0) is 26.0. The Morgan fingerprint density at radius 1 is 0.892 bits per heavy atom. The summed E-state index contributed by atoms with van der Waals surface area (Å²) in [6, 6.07) is 13.7. The number of rotatable bonds is 7. The van der Waals surface area contributed by atoms with Gasteiger partial charge in [0.1, 0.15) is 10.5 Å². The van der Waals surface area contributed by atoms with Gasteiger partial charge in [-0.1, -0.05) is 46.7 Å². The molecule has 2 N–H and O–H groups in total. The third-order valence-electron chi connectivity index (χ3n) is 5.34. The molecule has 0 fully saturated rings. The number of aromatic nitrogens is 4. The summed E-state index contributed by atoms with van der Waals surface area (Å²) >= 11 is 14.0. The number of nitrogens with one attached hydrogen (secondary N) is 2. The quantitative estimate of drug-likeness (QED) is 0.212. The zero-order valence-electron chi connectivity index (χ0n) is 18.9. The summed E-state index contributed by atoms with van der Waals surface area (Å²) in [7, 11) is 0. The van der Waals surface area contributed by atoms with Gasteiger partial charge in [0.05, 0.1) is 5.56 Å². The van der Waals surface area contributed by atoms with Crippen LogP contribution >= 0.6 is 34.5 Å². The van der Waals surface area contributed by atoms with E-state index in [0.29, 0.717) is 55.8 Å². The van der Waals surface area contributed by atoms with Crippen molar-refractivity contribution in [2.24, 2.45) is 0 Å². The zero-order valence-corrected chi connectivity index (χ0v) is 21.2. The molecule has 0 bridgehead atoms. The highest BCUT2D eigenvalue weighted by Gasteiger charge is 2.30. The number of nitrogens with zero attached hydrogens (tertiary/aromatic N) is 4. The Kier molecular flexibility index (Phi) is 7.14. The van der Waals surface area contributed by atoms with Crippen LogP contribution in [0.25, 0.3) is 10.3 Å². The Morgan fingerprint density at radius 2 is 1.65 bits per heavy atom. The molecular formula is C25H17Cl2F3N6S. The minimum Gasteiger partial charge on any atom is -0.350 e. The second-order valence-electron chi connectivity index (χ2n) is 7.95. The molecule has 2 aromatic carbocycles. The summed E-state index contributed by atoms with van der Waals surface area (Å²) in [5, 5.41) is 8.02. The first-order valence-electron chi connectivity index (χ1n) is 10.9. The highest BCUT2D eigenvalue weighted by atomic mass is 35.5. The van der Waals surface area contributed by atoms with Gasteiger partial charge in [0.15, 0.2) is 10.6 Å². The Balaban J connectivity index is 1.49. The van der Waals surface area contributed by atoms with Gasteiger partial charge in [0.2, 0.25) is 5.95 Å². The van der Waals surface area contributed by atoms with Gasteiger partial charge in [-0.2, -0.15) is 18.2 Å². The van der Waals surface area contributed by atoms with Crippen molar-refractivity contribution in [1.29, 1.82) is 0 Å². The molecule has 0 atom stereocenters. The fourth-order valence-corrected chi connectivity index (χ4v) is 5.00. The summed E-state index contributed by atoms with van der Waals surface area (Å²) in [4.78, 5) is 18.6. The van der Waals surface area contributed by atoms with Crippen LogP contribution < -0.4 is 10.6 Å². The van der Waals surface area contributed by atoms with E-state index in [1.807, 2.05) is 12.1 Å². The Hall–Kier alpha value is -3.47. The monoisotopic (exact) mass is 560 g/mol. The molecule has 5 rings (SSSR count). The molecule has 0 aliphatic heterocycles. The lowest BCUT2D eigenvalue weighted by molar-refractivity contribution is -0.137. The molecule has 0 aliphatic rings. The van der Waals surface area contributed by atoms with Crippen molar-refractivity contribution in [1.82, 2.24) is 19.9 Å². The molecule has 3 aromatic heterocycles. The molecule has 0 spiro atoms. The number of halogens is 5. The standard InChI is InChI=1S/C25H17Cl2F3N6S/c26-18-4-1-5-19(27)17(18)11-20-34-21-22(33-16-8-6-15(7-9-16)25(28,29)30)35-24(36-23(21)37-20)32-13-14-3-2-10-31-12-14/h1-10,12H,11,13H2,(H2,32,33,35,36). The molecule has 0 saturated carbocycles. The summed E-state index contributed by atoms with van der Waals surface area (Å²) < 4.78 is 39.0. The van der Waals surface area contributed by atoms with Crippen LogP contribution in [0.2, 0.25) is 10.0 Å². The Bertz CT molecular complexity index is 1520. The van der Waals surface area contributed by atoms with Gasteiger partial charge >= 0.3 is 6.18 Å². The van der Waals surface area contributed by atoms with Crippen LogP contribution in [0, 0.1) is 0 Å². The molecule has 6 nitrogen and oxygen atoms in total. The predicted octanol–water partition coefficient (Wildman–Crippen LogP) is 7.75. The fourth-order valence-electron chi connectivity index (χ4n) is 3.52. The van der Waals surface area contributed by atoms with Crippen molar-refractivity contribution in [2.75, 3.05) is 10.6 Å². The van der Waals surface area contributed by atoms with E-state index in [2.05, 4.69) is 25.6 Å². The lowest BCUT2D eigenvalue weighted by atomic mass is 10.1. The molecule has 0 radical (unpaired) electrons. The smallest absolute Gasteiger partial charge is 0.350 e. The molecule has 12 heteroatoms. The number of hydrogen-bond donors (Lipinski definition) is 2. The lowest BCUT2D eigenvalue weighted by Gasteiger charge is -2.11. The average Bonchev–Trinajstić information content (AvgIpc) is 3.28. The van der Waals surface area contributed by atoms with Gasteiger partial charge in [-0.15, -0.1) is 0 Å². The average molecular weight is 561 g/mol. The summed E-state index contributed by atoms with van der Waals surface area (Å²) in [5.74, 6) is 0.683. The number of thiazole rings is 1. The van der Waals surface area contributed by atoms with Crippen LogP contribution in [0.3, 0.4) is 0 Å². The van der Waals surface area contributed by atoms with Crippen LogP contribution in [0.5, 0.6) is 0 Å². The molecule has 188 valence electrons. The SMILES string of the molecule is FC(F)(F)c1ccc(Nc2nc(NCc3cccnc3)nc3sc(Cc4c(Cl)cccc4Cl)nc23)cc1. The highest BCUT2D eigenvalue weighted by Crippen LogP contribution is 2.34. The highest BCUT2D eigenvalue weighted by molar-refractivity contribution is 7.18. The second-order valence-corrected chi connectivity index (χ2v) is 9.83. The van der Waals surface area contributed by atoms with Crippen LogP contribution in [0.1, 0.15) is 21.7 Å². The normalized spacial score (nSPS) is 11.6. The summed E-state index contributed by atoms with van der Waals surface area (Å²) in [5.41, 5.74) is 1.84. The van der Waals surface area contributed by atoms with E-state index in [-0.39, 0.29) is 0 Å². The maximum Gasteiger partial charge on any atom is 0.416 e. The predicted molar refractivity (Wildman–Crippen MR) is 141 cm³/mol. The van der Waals surface area contributed by atoms with Gasteiger partial charge in [-0.3, -0.25) is 4.98 Å². The lowest BCUT2D eigenvalue weighted by Crippen LogP contribution is -2.06. The number of anilines is 3. The van der Waals surface area contributed by atoms with E-state index in [1.165, 1.54) is 23.5 Å². The fraction of sp³-hybridized carbons (Fsp3) is 0.120. The summed E-state index contributed by atoms with van der Waals surface area (Å²) in [6.45, 7) is 0.431. The first-order chi connectivity index (χ1) is 17.8. The van der Waals surface area contributed by atoms with Crippen LogP contribution in [0.4, 0.5) is 30.6 Å². The van der Waals surface area contributed by atoms with Gasteiger partial charge in [-0.25, -0.2) is 9.97 Å². The maximum absolute atomic E-state index is 13.0. The third-order valence-corrected chi connectivity index (χ3v) is 7.00. The van der Waals surface area contributed by atoms with E-state index in [1.54, 1.807) is 30.6 Å². The Labute approximate surface area is 223 Å².